The minimum Gasteiger partial charge on any atom is -0.478 e. The molecule has 2 aromatic carbocycles. The molecule has 0 aromatic heterocycles. The van der Waals surface area contributed by atoms with Crippen LogP contribution in [0.25, 0.3) is 0 Å². The number of rotatable bonds is 9. The van der Waals surface area contributed by atoms with E-state index in [1.54, 1.807) is 24.3 Å². The predicted molar refractivity (Wildman–Crippen MR) is 112 cm³/mol. The third-order valence-corrected chi connectivity index (χ3v) is 4.93. The average Bonchev–Trinajstić information content (AvgIpc) is 2.68. The molecule has 0 fully saturated rings. The molecule has 0 saturated heterocycles. The number of benzene rings is 2. The quantitative estimate of drug-likeness (QED) is 0.418. The van der Waals surface area contributed by atoms with Gasteiger partial charge in [-0.1, -0.05) is 76.0 Å². The Balaban J connectivity index is 1.95. The molecular weight excluding hydrogens is 332 g/mol. The van der Waals surface area contributed by atoms with Crippen molar-refractivity contribution in [3.8, 4) is 11.8 Å². The van der Waals surface area contributed by atoms with Gasteiger partial charge in [-0.25, -0.2) is 4.79 Å². The van der Waals surface area contributed by atoms with Gasteiger partial charge in [-0.3, -0.25) is 0 Å². The smallest absolute Gasteiger partial charge is 0.335 e. The fourth-order valence-electron chi connectivity index (χ4n) is 3.22. The Morgan fingerprint density at radius 2 is 1.67 bits per heavy atom. The van der Waals surface area contributed by atoms with Crippen molar-refractivity contribution in [2.45, 2.75) is 58.8 Å². The molecule has 2 nitrogen and oxygen atoms in total. The summed E-state index contributed by atoms with van der Waals surface area (Å²) in [5.41, 5.74) is 3.49. The highest BCUT2D eigenvalue weighted by Gasteiger charge is 2.04. The molecule has 0 radical (unpaired) electrons. The van der Waals surface area contributed by atoms with Crippen LogP contribution in [0.15, 0.2) is 48.5 Å². The zero-order chi connectivity index (χ0) is 19.5. The molecule has 1 N–H and O–H groups in total. The van der Waals surface area contributed by atoms with Crippen LogP contribution in [0.4, 0.5) is 0 Å². The maximum atomic E-state index is 10.9. The van der Waals surface area contributed by atoms with E-state index >= 15 is 0 Å². The number of carboxylic acid groups (broad SMARTS) is 1. The standard InChI is InChI=1S/C25H30O2/c1-3-4-5-9-20(2)10-8-13-22-11-6-7-12-23(22)17-14-21-15-18-24(19-16-21)25(26)27/h6-7,11-12,15-16,18-20H,3-5,8-10,13H2,1-2H3,(H,26,27). The van der Waals surface area contributed by atoms with E-state index in [0.717, 1.165) is 23.5 Å². The lowest BCUT2D eigenvalue weighted by atomic mass is 9.94. The summed E-state index contributed by atoms with van der Waals surface area (Å²) in [4.78, 5) is 10.9. The first kappa shape index (κ1) is 20.8. The van der Waals surface area contributed by atoms with E-state index in [-0.39, 0.29) is 5.56 Å². The second-order valence-electron chi connectivity index (χ2n) is 7.28. The van der Waals surface area contributed by atoms with Gasteiger partial charge in [0.1, 0.15) is 0 Å². The van der Waals surface area contributed by atoms with Crippen molar-refractivity contribution < 1.29 is 9.90 Å². The van der Waals surface area contributed by atoms with Crippen LogP contribution in [0.1, 0.15) is 79.4 Å². The second kappa shape index (κ2) is 11.2. The first-order valence-corrected chi connectivity index (χ1v) is 10.0. The number of hydrogen-bond donors (Lipinski definition) is 1. The summed E-state index contributed by atoms with van der Waals surface area (Å²) in [5.74, 6) is 6.30. The molecule has 2 rings (SSSR count). The Bertz CT molecular complexity index is 778. The SMILES string of the molecule is CCCCCC(C)CCCc1ccccc1C#Cc1ccc(C(=O)O)cc1. The van der Waals surface area contributed by atoms with Gasteiger partial charge >= 0.3 is 5.97 Å². The van der Waals surface area contributed by atoms with Crippen LogP contribution in [0, 0.1) is 17.8 Å². The normalized spacial score (nSPS) is 11.5. The van der Waals surface area contributed by atoms with Gasteiger partial charge in [0, 0.05) is 11.1 Å². The van der Waals surface area contributed by atoms with Crippen LogP contribution < -0.4 is 0 Å². The van der Waals surface area contributed by atoms with E-state index in [0.29, 0.717) is 0 Å². The maximum Gasteiger partial charge on any atom is 0.335 e. The van der Waals surface area contributed by atoms with E-state index < -0.39 is 5.97 Å². The lowest BCUT2D eigenvalue weighted by molar-refractivity contribution is 0.0697. The summed E-state index contributed by atoms with van der Waals surface area (Å²) in [5, 5.41) is 8.97. The second-order valence-corrected chi connectivity index (χ2v) is 7.28. The summed E-state index contributed by atoms with van der Waals surface area (Å²) in [6, 6.07) is 15.0. The monoisotopic (exact) mass is 362 g/mol. The van der Waals surface area contributed by atoms with Crippen molar-refractivity contribution in [2.24, 2.45) is 5.92 Å². The minimum absolute atomic E-state index is 0.286. The Hall–Kier alpha value is -2.53. The summed E-state index contributed by atoms with van der Waals surface area (Å²) >= 11 is 0. The van der Waals surface area contributed by atoms with Gasteiger partial charge < -0.3 is 5.11 Å². The molecule has 0 amide bonds. The summed E-state index contributed by atoms with van der Waals surface area (Å²) < 4.78 is 0. The van der Waals surface area contributed by atoms with E-state index in [1.807, 2.05) is 6.07 Å². The maximum absolute atomic E-state index is 10.9. The van der Waals surface area contributed by atoms with Crippen molar-refractivity contribution in [1.29, 1.82) is 0 Å². The fraction of sp³-hybridized carbons (Fsp3) is 0.400. The Morgan fingerprint density at radius 1 is 0.963 bits per heavy atom. The van der Waals surface area contributed by atoms with E-state index in [9.17, 15) is 4.79 Å². The Labute approximate surface area is 163 Å². The molecule has 2 aromatic rings. The van der Waals surface area contributed by atoms with E-state index in [1.165, 1.54) is 44.1 Å². The molecule has 0 aliphatic rings. The van der Waals surface area contributed by atoms with Crippen LogP contribution in [0.5, 0.6) is 0 Å². The Morgan fingerprint density at radius 3 is 2.37 bits per heavy atom. The fourth-order valence-corrected chi connectivity index (χ4v) is 3.22. The molecule has 1 atom stereocenters. The number of unbranched alkanes of at least 4 members (excludes halogenated alkanes) is 2. The zero-order valence-corrected chi connectivity index (χ0v) is 16.5. The van der Waals surface area contributed by atoms with E-state index in [4.69, 9.17) is 5.11 Å². The van der Waals surface area contributed by atoms with Crippen LogP contribution in [0.2, 0.25) is 0 Å². The first-order chi connectivity index (χ1) is 13.1. The molecule has 0 aliphatic carbocycles. The van der Waals surface area contributed by atoms with Crippen molar-refractivity contribution >= 4 is 5.97 Å². The first-order valence-electron chi connectivity index (χ1n) is 10.0. The van der Waals surface area contributed by atoms with Gasteiger partial charge in [0.2, 0.25) is 0 Å². The van der Waals surface area contributed by atoms with Crippen LogP contribution in [-0.2, 0) is 6.42 Å². The van der Waals surface area contributed by atoms with Crippen LogP contribution >= 0.6 is 0 Å². The number of hydrogen-bond acceptors (Lipinski definition) is 1. The van der Waals surface area contributed by atoms with Crippen molar-refractivity contribution in [3.05, 3.63) is 70.8 Å². The average molecular weight is 363 g/mol. The van der Waals surface area contributed by atoms with Crippen molar-refractivity contribution in [1.82, 2.24) is 0 Å². The number of carbonyl (C=O) groups is 1. The lowest BCUT2D eigenvalue weighted by Gasteiger charge is -2.11. The van der Waals surface area contributed by atoms with Gasteiger partial charge in [0.15, 0.2) is 0 Å². The van der Waals surface area contributed by atoms with Crippen molar-refractivity contribution in [2.75, 3.05) is 0 Å². The minimum atomic E-state index is -0.913. The van der Waals surface area contributed by atoms with Crippen LogP contribution in [-0.4, -0.2) is 11.1 Å². The molecule has 0 heterocycles. The lowest BCUT2D eigenvalue weighted by Crippen LogP contribution is -1.98. The summed E-state index contributed by atoms with van der Waals surface area (Å²) in [7, 11) is 0. The van der Waals surface area contributed by atoms with Crippen molar-refractivity contribution in [3.63, 3.8) is 0 Å². The molecule has 27 heavy (non-hydrogen) atoms. The summed E-state index contributed by atoms with van der Waals surface area (Å²) in [6.07, 6.45) is 8.83. The highest BCUT2D eigenvalue weighted by molar-refractivity contribution is 5.87. The largest absolute Gasteiger partial charge is 0.478 e. The molecule has 0 aliphatic heterocycles. The molecule has 1 unspecified atom stereocenters. The number of aryl methyl sites for hydroxylation is 1. The topological polar surface area (TPSA) is 37.3 Å². The van der Waals surface area contributed by atoms with Crippen LogP contribution in [0.3, 0.4) is 0 Å². The molecule has 2 heteroatoms. The Kier molecular flexibility index (Phi) is 8.65. The van der Waals surface area contributed by atoms with Gasteiger partial charge in [-0.15, -0.1) is 0 Å². The van der Waals surface area contributed by atoms with Gasteiger partial charge in [0.25, 0.3) is 0 Å². The highest BCUT2D eigenvalue weighted by atomic mass is 16.4. The number of aromatic carboxylic acids is 1. The zero-order valence-electron chi connectivity index (χ0n) is 16.5. The molecule has 0 bridgehead atoms. The molecule has 0 saturated carbocycles. The van der Waals surface area contributed by atoms with Gasteiger partial charge in [0.05, 0.1) is 5.56 Å². The third-order valence-electron chi connectivity index (χ3n) is 4.93. The number of carboxylic acids is 1. The molecule has 142 valence electrons. The highest BCUT2D eigenvalue weighted by Crippen LogP contribution is 2.18. The van der Waals surface area contributed by atoms with Gasteiger partial charge in [-0.2, -0.15) is 0 Å². The predicted octanol–water partition coefficient (Wildman–Crippen LogP) is 6.32. The molecular formula is C25H30O2. The molecule has 0 spiro atoms. The van der Waals surface area contributed by atoms with Gasteiger partial charge in [-0.05, 0) is 54.7 Å². The third kappa shape index (κ3) is 7.31. The summed E-state index contributed by atoms with van der Waals surface area (Å²) in [6.45, 7) is 4.62. The van der Waals surface area contributed by atoms with E-state index in [2.05, 4.69) is 43.9 Å².